The molecule has 108 valence electrons. The van der Waals surface area contributed by atoms with Crippen LogP contribution in [-0.2, 0) is 11.3 Å². The standard InChI is InChI=1S/C15H18F2N2O/c1-18(8-10-5-6-11(16)7-13(10)17)9-19-14-4-2-3-12(14)15(19)20/h5-7,12,14H,2-4,8-9H2,1H3/t12-,14+/m0/s1. The highest BCUT2D eigenvalue weighted by atomic mass is 19.1. The third-order valence-electron chi connectivity index (χ3n) is 4.33. The molecule has 3 rings (SSSR count). The van der Waals surface area contributed by atoms with Gasteiger partial charge in [-0.2, -0.15) is 0 Å². The molecule has 0 N–H and O–H groups in total. The highest BCUT2D eigenvalue weighted by Gasteiger charge is 2.49. The minimum Gasteiger partial charge on any atom is -0.326 e. The van der Waals surface area contributed by atoms with Gasteiger partial charge >= 0.3 is 0 Å². The first-order chi connectivity index (χ1) is 9.56. The second kappa shape index (κ2) is 5.13. The number of carbonyl (C=O) groups is 1. The molecular weight excluding hydrogens is 262 g/mol. The first kappa shape index (κ1) is 13.5. The maximum Gasteiger partial charge on any atom is 0.229 e. The van der Waals surface area contributed by atoms with Crippen molar-refractivity contribution in [1.82, 2.24) is 9.80 Å². The van der Waals surface area contributed by atoms with Gasteiger partial charge in [-0.3, -0.25) is 9.69 Å². The topological polar surface area (TPSA) is 23.6 Å². The predicted octanol–water partition coefficient (Wildman–Crippen LogP) is 2.37. The van der Waals surface area contributed by atoms with Crippen LogP contribution in [0.25, 0.3) is 0 Å². The Bertz CT molecular complexity index is 535. The lowest BCUT2D eigenvalue weighted by atomic mass is 9.91. The maximum atomic E-state index is 13.6. The van der Waals surface area contributed by atoms with Crippen LogP contribution in [0.15, 0.2) is 18.2 Å². The van der Waals surface area contributed by atoms with Gasteiger partial charge in [-0.15, -0.1) is 0 Å². The van der Waals surface area contributed by atoms with Crippen molar-refractivity contribution in [2.75, 3.05) is 13.7 Å². The number of hydrogen-bond acceptors (Lipinski definition) is 2. The minimum absolute atomic E-state index is 0.221. The van der Waals surface area contributed by atoms with E-state index in [2.05, 4.69) is 0 Å². The second-order valence-electron chi connectivity index (χ2n) is 5.80. The fourth-order valence-electron chi connectivity index (χ4n) is 3.32. The lowest BCUT2D eigenvalue weighted by molar-refractivity contribution is -0.157. The SMILES string of the molecule is CN(Cc1ccc(F)cc1F)CN1C(=O)[C@H]2CCC[C@H]21. The van der Waals surface area contributed by atoms with Gasteiger partial charge in [-0.25, -0.2) is 8.78 Å². The van der Waals surface area contributed by atoms with E-state index < -0.39 is 11.6 Å². The fraction of sp³-hybridized carbons (Fsp3) is 0.533. The van der Waals surface area contributed by atoms with Crippen molar-refractivity contribution in [3.63, 3.8) is 0 Å². The van der Waals surface area contributed by atoms with Crippen molar-refractivity contribution in [3.8, 4) is 0 Å². The molecule has 1 saturated carbocycles. The molecule has 1 aliphatic heterocycles. The third-order valence-corrected chi connectivity index (χ3v) is 4.33. The van der Waals surface area contributed by atoms with Crippen LogP contribution in [-0.4, -0.2) is 35.5 Å². The molecule has 0 spiro atoms. The van der Waals surface area contributed by atoms with Crippen LogP contribution < -0.4 is 0 Å². The molecule has 0 radical (unpaired) electrons. The average Bonchev–Trinajstić information content (AvgIpc) is 2.84. The largest absolute Gasteiger partial charge is 0.326 e. The van der Waals surface area contributed by atoms with Gasteiger partial charge in [0.25, 0.3) is 0 Å². The van der Waals surface area contributed by atoms with Gasteiger partial charge in [-0.1, -0.05) is 12.5 Å². The summed E-state index contributed by atoms with van der Waals surface area (Å²) in [7, 11) is 1.85. The number of β-lactam (4-membered cyclic amide) rings is 1. The highest BCUT2D eigenvalue weighted by molar-refractivity contribution is 5.86. The summed E-state index contributed by atoms with van der Waals surface area (Å²) in [5.41, 5.74) is 0.449. The van der Waals surface area contributed by atoms with E-state index in [1.54, 1.807) is 0 Å². The van der Waals surface area contributed by atoms with E-state index in [4.69, 9.17) is 0 Å². The van der Waals surface area contributed by atoms with Crippen LogP contribution >= 0.6 is 0 Å². The summed E-state index contributed by atoms with van der Waals surface area (Å²) in [4.78, 5) is 15.7. The smallest absolute Gasteiger partial charge is 0.229 e. The van der Waals surface area contributed by atoms with Crippen LogP contribution in [0.4, 0.5) is 8.78 Å². The number of rotatable bonds is 4. The Kier molecular flexibility index (Phi) is 3.46. The van der Waals surface area contributed by atoms with Crippen molar-refractivity contribution in [1.29, 1.82) is 0 Å². The Hall–Kier alpha value is -1.49. The van der Waals surface area contributed by atoms with Gasteiger partial charge < -0.3 is 4.90 Å². The number of carbonyl (C=O) groups excluding carboxylic acids is 1. The monoisotopic (exact) mass is 280 g/mol. The quantitative estimate of drug-likeness (QED) is 0.791. The van der Waals surface area contributed by atoms with E-state index in [9.17, 15) is 13.6 Å². The summed E-state index contributed by atoms with van der Waals surface area (Å²) in [6.07, 6.45) is 3.21. The second-order valence-corrected chi connectivity index (χ2v) is 5.80. The van der Waals surface area contributed by atoms with Crippen LogP contribution in [0.1, 0.15) is 24.8 Å². The Morgan fingerprint density at radius 2 is 2.15 bits per heavy atom. The lowest BCUT2D eigenvalue weighted by Crippen LogP contribution is -2.60. The summed E-state index contributed by atoms with van der Waals surface area (Å²) in [5.74, 6) is -0.656. The summed E-state index contributed by atoms with van der Waals surface area (Å²) in [6, 6.07) is 3.99. The van der Waals surface area contributed by atoms with Crippen LogP contribution in [0.2, 0.25) is 0 Å². The van der Waals surface area contributed by atoms with Gasteiger partial charge in [0, 0.05) is 24.2 Å². The molecule has 1 aromatic rings. The fourth-order valence-corrected chi connectivity index (χ4v) is 3.32. The summed E-state index contributed by atoms with van der Waals surface area (Å²) >= 11 is 0. The predicted molar refractivity (Wildman–Crippen MR) is 70.7 cm³/mol. The molecule has 0 aromatic heterocycles. The van der Waals surface area contributed by atoms with E-state index in [0.29, 0.717) is 24.8 Å². The molecule has 1 amide bonds. The van der Waals surface area contributed by atoms with E-state index in [0.717, 1.165) is 25.3 Å². The van der Waals surface area contributed by atoms with Gasteiger partial charge in [0.2, 0.25) is 5.91 Å². The number of fused-ring (bicyclic) bond motifs is 1. The van der Waals surface area contributed by atoms with Crippen LogP contribution in [0.3, 0.4) is 0 Å². The van der Waals surface area contributed by atoms with Crippen LogP contribution in [0, 0.1) is 17.6 Å². The Morgan fingerprint density at radius 1 is 1.35 bits per heavy atom. The summed E-state index contributed by atoms with van der Waals surface area (Å²) < 4.78 is 26.4. The molecule has 1 aromatic carbocycles. The van der Waals surface area contributed by atoms with Crippen molar-refractivity contribution in [2.24, 2.45) is 5.92 Å². The van der Waals surface area contributed by atoms with Gasteiger partial charge in [0.1, 0.15) is 11.6 Å². The zero-order valence-electron chi connectivity index (χ0n) is 11.5. The molecule has 1 saturated heterocycles. The molecule has 0 bridgehead atoms. The Balaban J connectivity index is 1.60. The number of amides is 1. The molecule has 2 fully saturated rings. The first-order valence-corrected chi connectivity index (χ1v) is 6.99. The number of halogens is 2. The molecule has 20 heavy (non-hydrogen) atoms. The number of likely N-dealkylation sites (tertiary alicyclic amines) is 1. The lowest BCUT2D eigenvalue weighted by Gasteiger charge is -2.45. The van der Waals surface area contributed by atoms with Gasteiger partial charge in [0.05, 0.1) is 12.6 Å². The zero-order chi connectivity index (χ0) is 14.3. The number of nitrogens with zero attached hydrogens (tertiary/aromatic N) is 2. The number of hydrogen-bond donors (Lipinski definition) is 0. The summed E-state index contributed by atoms with van der Waals surface area (Å²) in [5, 5.41) is 0. The van der Waals surface area contributed by atoms with E-state index in [1.807, 2.05) is 16.8 Å². The average molecular weight is 280 g/mol. The number of benzene rings is 1. The molecular formula is C15H18F2N2O. The summed E-state index contributed by atoms with van der Waals surface area (Å²) in [6.45, 7) is 0.879. The Morgan fingerprint density at radius 3 is 2.90 bits per heavy atom. The van der Waals surface area contributed by atoms with Gasteiger partial charge in [0.15, 0.2) is 0 Å². The molecule has 2 atom stereocenters. The van der Waals surface area contributed by atoms with Crippen molar-refractivity contribution in [2.45, 2.75) is 31.8 Å². The van der Waals surface area contributed by atoms with Crippen molar-refractivity contribution in [3.05, 3.63) is 35.4 Å². The highest BCUT2D eigenvalue weighted by Crippen LogP contribution is 2.39. The van der Waals surface area contributed by atoms with E-state index in [-0.39, 0.29) is 11.8 Å². The minimum atomic E-state index is -0.569. The molecule has 1 aliphatic carbocycles. The molecule has 5 heteroatoms. The molecule has 2 aliphatic rings. The first-order valence-electron chi connectivity index (χ1n) is 6.99. The zero-order valence-corrected chi connectivity index (χ0v) is 11.5. The van der Waals surface area contributed by atoms with Crippen molar-refractivity contribution >= 4 is 5.91 Å². The van der Waals surface area contributed by atoms with E-state index in [1.165, 1.54) is 12.1 Å². The van der Waals surface area contributed by atoms with Crippen molar-refractivity contribution < 1.29 is 13.6 Å². The van der Waals surface area contributed by atoms with Crippen LogP contribution in [0.5, 0.6) is 0 Å². The Labute approximate surface area is 117 Å². The molecule has 1 heterocycles. The van der Waals surface area contributed by atoms with Gasteiger partial charge in [-0.05, 0) is 26.0 Å². The third kappa shape index (κ3) is 2.30. The van der Waals surface area contributed by atoms with E-state index >= 15 is 0 Å². The molecule has 0 unspecified atom stereocenters. The maximum absolute atomic E-state index is 13.6. The normalized spacial score (nSPS) is 25.0. The molecule has 3 nitrogen and oxygen atoms in total.